The van der Waals surface area contributed by atoms with Gasteiger partial charge < -0.3 is 15.2 Å². The van der Waals surface area contributed by atoms with E-state index in [1.807, 2.05) is 92.4 Å². The van der Waals surface area contributed by atoms with Crippen LogP contribution in [0.5, 0.6) is 0 Å². The molecule has 0 bridgehead atoms. The van der Waals surface area contributed by atoms with E-state index in [1.165, 1.54) is 0 Å². The van der Waals surface area contributed by atoms with Gasteiger partial charge in [0.2, 0.25) is 0 Å². The molecule has 0 aliphatic rings. The van der Waals surface area contributed by atoms with Crippen molar-refractivity contribution in [3.63, 3.8) is 0 Å². The normalized spacial score (nSPS) is 12.0. The minimum atomic E-state index is -0.428. The molecule has 6 nitrogen and oxygen atoms in total. The van der Waals surface area contributed by atoms with Gasteiger partial charge in [-0.15, -0.1) is 0 Å². The predicted molar refractivity (Wildman–Crippen MR) is 162 cm³/mol. The molecule has 4 aromatic rings. The number of benzene rings is 3. The van der Waals surface area contributed by atoms with Crippen LogP contribution < -0.4 is 11.3 Å². The lowest BCUT2D eigenvalue weighted by Gasteiger charge is -2.36. The van der Waals surface area contributed by atoms with Gasteiger partial charge >= 0.3 is 0 Å². The molecule has 2 N–H and O–H groups in total. The highest BCUT2D eigenvalue weighted by molar-refractivity contribution is 5.94. The lowest BCUT2D eigenvalue weighted by molar-refractivity contribution is 0.0602. The van der Waals surface area contributed by atoms with E-state index in [0.717, 1.165) is 27.9 Å². The third-order valence-electron chi connectivity index (χ3n) is 7.39. The molecule has 0 aliphatic heterocycles. The van der Waals surface area contributed by atoms with Gasteiger partial charge in [0.25, 0.3) is 11.5 Å². The van der Waals surface area contributed by atoms with Crippen molar-refractivity contribution in [1.82, 2.24) is 14.5 Å². The van der Waals surface area contributed by atoms with Crippen molar-refractivity contribution in [2.24, 2.45) is 11.7 Å². The minimum absolute atomic E-state index is 0.00859. The van der Waals surface area contributed by atoms with Crippen LogP contribution in [0.25, 0.3) is 11.1 Å². The zero-order valence-electron chi connectivity index (χ0n) is 24.2. The number of aryl methyl sites for hydroxylation is 2. The van der Waals surface area contributed by atoms with E-state index in [4.69, 9.17) is 10.7 Å². The first kappa shape index (κ1) is 29.0. The Hall–Kier alpha value is -4.03. The Morgan fingerprint density at radius 3 is 2.08 bits per heavy atom. The van der Waals surface area contributed by atoms with Gasteiger partial charge in [-0.2, -0.15) is 4.98 Å². The van der Waals surface area contributed by atoms with Crippen LogP contribution in [0.15, 0.2) is 83.7 Å². The first-order chi connectivity index (χ1) is 19.2. The number of nitrogens with two attached hydrogens (primary N) is 1. The number of amides is 1. The molecule has 0 aliphatic carbocycles. The monoisotopic (exact) mass is 536 g/mol. The van der Waals surface area contributed by atoms with E-state index in [-0.39, 0.29) is 17.4 Å². The zero-order valence-corrected chi connectivity index (χ0v) is 24.2. The summed E-state index contributed by atoms with van der Waals surface area (Å²) in [5.41, 5.74) is 11.8. The highest BCUT2D eigenvalue weighted by atomic mass is 16.2. The summed E-state index contributed by atoms with van der Waals surface area (Å²) < 4.78 is 2.12. The summed E-state index contributed by atoms with van der Waals surface area (Å²) in [6.07, 6.45) is 0.643. The van der Waals surface area contributed by atoms with Gasteiger partial charge in [-0.05, 0) is 62.9 Å². The third kappa shape index (κ3) is 6.40. The van der Waals surface area contributed by atoms with Crippen LogP contribution in [-0.4, -0.2) is 33.4 Å². The summed E-state index contributed by atoms with van der Waals surface area (Å²) in [4.78, 5) is 34.4. The Kier molecular flexibility index (Phi) is 9.33. The smallest absolute Gasteiger partial charge is 0.281 e. The molecular formula is C34H40N4O2. The molecule has 1 atom stereocenters. The number of nitrogens with zero attached hydrogens (tertiary/aromatic N) is 3. The quantitative estimate of drug-likeness (QED) is 0.267. The van der Waals surface area contributed by atoms with Gasteiger partial charge in [0, 0.05) is 24.3 Å². The fourth-order valence-corrected chi connectivity index (χ4v) is 5.21. The SMILES string of the molecule is Cc1ccc(C(=O)N(CCCN)C(c2nc(=O)c(-c3ccc(C)cc3)c(C)n2Cc2ccccc2)C(C)C)cc1. The summed E-state index contributed by atoms with van der Waals surface area (Å²) >= 11 is 0. The number of carbonyl (C=O) groups is 1. The average molecular weight is 537 g/mol. The Morgan fingerprint density at radius 1 is 0.900 bits per heavy atom. The molecule has 0 saturated heterocycles. The molecule has 1 aromatic heterocycles. The molecule has 0 spiro atoms. The summed E-state index contributed by atoms with van der Waals surface area (Å²) in [5, 5.41) is 0. The van der Waals surface area contributed by atoms with Crippen LogP contribution in [-0.2, 0) is 6.54 Å². The Labute approximate surface area is 237 Å². The van der Waals surface area contributed by atoms with Crippen LogP contribution in [0.2, 0.25) is 0 Å². The van der Waals surface area contributed by atoms with Crippen LogP contribution in [0.4, 0.5) is 0 Å². The van der Waals surface area contributed by atoms with E-state index in [2.05, 4.69) is 30.5 Å². The molecule has 1 amide bonds. The second-order valence-corrected chi connectivity index (χ2v) is 10.9. The Morgan fingerprint density at radius 2 is 1.50 bits per heavy atom. The first-order valence-corrected chi connectivity index (χ1v) is 14.0. The maximum atomic E-state index is 14.0. The summed E-state index contributed by atoms with van der Waals surface area (Å²) in [7, 11) is 0. The van der Waals surface area contributed by atoms with E-state index in [9.17, 15) is 9.59 Å². The van der Waals surface area contributed by atoms with Gasteiger partial charge in [-0.3, -0.25) is 9.59 Å². The highest BCUT2D eigenvalue weighted by Gasteiger charge is 2.33. The molecule has 1 unspecified atom stereocenters. The number of rotatable bonds is 10. The maximum absolute atomic E-state index is 14.0. The molecule has 0 fully saturated rings. The minimum Gasteiger partial charge on any atom is -0.330 e. The largest absolute Gasteiger partial charge is 0.330 e. The fourth-order valence-electron chi connectivity index (χ4n) is 5.21. The highest BCUT2D eigenvalue weighted by Crippen LogP contribution is 2.32. The molecule has 1 heterocycles. The lowest BCUT2D eigenvalue weighted by Crippen LogP contribution is -2.42. The van der Waals surface area contributed by atoms with E-state index in [1.54, 1.807) is 0 Å². The van der Waals surface area contributed by atoms with Crippen LogP contribution in [0, 0.1) is 26.7 Å². The average Bonchev–Trinajstić information content (AvgIpc) is 2.94. The van der Waals surface area contributed by atoms with Crippen molar-refractivity contribution >= 4 is 5.91 Å². The number of aromatic nitrogens is 2. The van der Waals surface area contributed by atoms with Gasteiger partial charge in [0.1, 0.15) is 5.82 Å². The molecular weight excluding hydrogens is 496 g/mol. The molecule has 0 radical (unpaired) electrons. The zero-order chi connectivity index (χ0) is 28.8. The third-order valence-corrected chi connectivity index (χ3v) is 7.39. The molecule has 208 valence electrons. The van der Waals surface area contributed by atoms with Gasteiger partial charge in [-0.25, -0.2) is 0 Å². The van der Waals surface area contributed by atoms with Crippen LogP contribution in [0.3, 0.4) is 0 Å². The van der Waals surface area contributed by atoms with Crippen molar-refractivity contribution in [2.75, 3.05) is 13.1 Å². The van der Waals surface area contributed by atoms with Crippen molar-refractivity contribution < 1.29 is 4.79 Å². The molecule has 40 heavy (non-hydrogen) atoms. The summed E-state index contributed by atoms with van der Waals surface area (Å²) in [6, 6.07) is 25.3. The lowest BCUT2D eigenvalue weighted by atomic mass is 9.97. The van der Waals surface area contributed by atoms with Crippen molar-refractivity contribution in [1.29, 1.82) is 0 Å². The standard InChI is InChI=1S/C34H40N4O2/c1-23(2)31(37(21-9-20-35)34(40)29-18-14-25(4)15-19-29)32-36-33(39)30(28-16-12-24(3)13-17-28)26(5)38(32)22-27-10-7-6-8-11-27/h6-8,10-19,23,31H,9,20-22,35H2,1-5H3. The summed E-state index contributed by atoms with van der Waals surface area (Å²) in [6.45, 7) is 11.6. The van der Waals surface area contributed by atoms with E-state index < -0.39 is 6.04 Å². The first-order valence-electron chi connectivity index (χ1n) is 14.0. The topological polar surface area (TPSA) is 81.2 Å². The Bertz CT molecular complexity index is 1490. The second kappa shape index (κ2) is 12.9. The molecule has 3 aromatic carbocycles. The predicted octanol–water partition coefficient (Wildman–Crippen LogP) is 6.07. The van der Waals surface area contributed by atoms with Gasteiger partial charge in [-0.1, -0.05) is 91.7 Å². The Balaban J connectivity index is 1.93. The van der Waals surface area contributed by atoms with Crippen molar-refractivity contribution in [3.8, 4) is 11.1 Å². The van der Waals surface area contributed by atoms with E-state index in [0.29, 0.717) is 43.0 Å². The molecule has 4 rings (SSSR count). The maximum Gasteiger partial charge on any atom is 0.281 e. The number of hydrogen-bond donors (Lipinski definition) is 1. The molecule has 0 saturated carbocycles. The second-order valence-electron chi connectivity index (χ2n) is 10.9. The van der Waals surface area contributed by atoms with Crippen LogP contribution in [0.1, 0.15) is 64.9 Å². The van der Waals surface area contributed by atoms with Gasteiger partial charge in [0.05, 0.1) is 11.6 Å². The van der Waals surface area contributed by atoms with Crippen LogP contribution >= 0.6 is 0 Å². The van der Waals surface area contributed by atoms with Crippen molar-refractivity contribution in [3.05, 3.63) is 123 Å². The van der Waals surface area contributed by atoms with Crippen molar-refractivity contribution in [2.45, 2.75) is 53.6 Å². The summed E-state index contributed by atoms with van der Waals surface area (Å²) in [5.74, 6) is 0.494. The molecule has 6 heteroatoms. The number of carbonyl (C=O) groups excluding carboxylic acids is 1. The fraction of sp³-hybridized carbons (Fsp3) is 0.324. The van der Waals surface area contributed by atoms with Gasteiger partial charge in [0.15, 0.2) is 0 Å². The van der Waals surface area contributed by atoms with E-state index >= 15 is 0 Å². The number of hydrogen-bond acceptors (Lipinski definition) is 4.